The van der Waals surface area contributed by atoms with Gasteiger partial charge < -0.3 is 15.8 Å². The summed E-state index contributed by atoms with van der Waals surface area (Å²) in [4.78, 5) is 4.29. The number of hydrogen-bond donors (Lipinski definition) is 2. The fourth-order valence-corrected chi connectivity index (χ4v) is 1.89. The molecule has 1 atom stereocenters. The molecule has 0 aliphatic heterocycles. The molecule has 0 radical (unpaired) electrons. The second-order valence-corrected chi connectivity index (χ2v) is 5.65. The van der Waals surface area contributed by atoms with Gasteiger partial charge in [0.05, 0.1) is 6.10 Å². The first-order valence-electron chi connectivity index (χ1n) is 7.80. The molecule has 1 aromatic rings. The standard InChI is InChI=1S/C17H29N3O.HI/c1-14(2)10-12-20-17(18)19-11-7-13-21-15(3)16-8-5-4-6-9-16;/h4-6,8-9,14-15H,7,10-13H2,1-3H3,(H3,18,19,20);1H. The van der Waals surface area contributed by atoms with E-state index in [1.807, 2.05) is 18.2 Å². The van der Waals surface area contributed by atoms with Gasteiger partial charge in [0, 0.05) is 19.7 Å². The zero-order valence-corrected chi connectivity index (χ0v) is 16.2. The Morgan fingerprint density at radius 1 is 1.23 bits per heavy atom. The predicted octanol–water partition coefficient (Wildman–Crippen LogP) is 3.72. The zero-order chi connectivity index (χ0) is 15.5. The first-order chi connectivity index (χ1) is 10.1. The van der Waals surface area contributed by atoms with E-state index in [-0.39, 0.29) is 30.1 Å². The van der Waals surface area contributed by atoms with Crippen molar-refractivity contribution in [3.05, 3.63) is 35.9 Å². The molecular weight excluding hydrogens is 389 g/mol. The number of halogens is 1. The summed E-state index contributed by atoms with van der Waals surface area (Å²) < 4.78 is 5.79. The first-order valence-corrected chi connectivity index (χ1v) is 7.80. The van der Waals surface area contributed by atoms with Gasteiger partial charge in [-0.3, -0.25) is 4.99 Å². The fourth-order valence-electron chi connectivity index (χ4n) is 1.89. The van der Waals surface area contributed by atoms with Crippen LogP contribution < -0.4 is 11.1 Å². The maximum absolute atomic E-state index is 5.79. The van der Waals surface area contributed by atoms with Crippen LogP contribution >= 0.6 is 24.0 Å². The third-order valence-corrected chi connectivity index (χ3v) is 3.25. The maximum Gasteiger partial charge on any atom is 0.188 e. The lowest BCUT2D eigenvalue weighted by Crippen LogP contribution is -2.33. The van der Waals surface area contributed by atoms with Crippen molar-refractivity contribution < 1.29 is 4.74 Å². The van der Waals surface area contributed by atoms with E-state index in [9.17, 15) is 0 Å². The Bertz CT molecular complexity index is 410. The molecule has 0 heterocycles. The summed E-state index contributed by atoms with van der Waals surface area (Å²) in [7, 11) is 0. The van der Waals surface area contributed by atoms with Crippen molar-refractivity contribution in [3.63, 3.8) is 0 Å². The molecule has 0 amide bonds. The normalized spacial score (nSPS) is 12.8. The average Bonchev–Trinajstić information content (AvgIpc) is 2.47. The van der Waals surface area contributed by atoms with E-state index < -0.39 is 0 Å². The molecule has 0 bridgehead atoms. The highest BCUT2D eigenvalue weighted by molar-refractivity contribution is 14.0. The fraction of sp³-hybridized carbons (Fsp3) is 0.588. The van der Waals surface area contributed by atoms with Gasteiger partial charge in [-0.25, -0.2) is 0 Å². The molecular formula is C17H30IN3O. The Hall–Kier alpha value is -0.820. The minimum atomic E-state index is 0. The van der Waals surface area contributed by atoms with Crippen LogP contribution in [0.15, 0.2) is 35.3 Å². The van der Waals surface area contributed by atoms with E-state index in [2.05, 4.69) is 43.2 Å². The number of ether oxygens (including phenoxy) is 1. The molecule has 5 heteroatoms. The molecule has 126 valence electrons. The number of hydrogen-bond acceptors (Lipinski definition) is 2. The van der Waals surface area contributed by atoms with Crippen molar-refractivity contribution in [1.82, 2.24) is 5.32 Å². The van der Waals surface area contributed by atoms with Gasteiger partial charge in [0.1, 0.15) is 0 Å². The van der Waals surface area contributed by atoms with Gasteiger partial charge in [0.15, 0.2) is 5.96 Å². The second-order valence-electron chi connectivity index (χ2n) is 5.65. The van der Waals surface area contributed by atoms with Gasteiger partial charge in [0.2, 0.25) is 0 Å². The third-order valence-electron chi connectivity index (χ3n) is 3.25. The van der Waals surface area contributed by atoms with E-state index in [0.29, 0.717) is 25.0 Å². The number of aliphatic imine (C=N–C) groups is 1. The van der Waals surface area contributed by atoms with Crippen molar-refractivity contribution in [1.29, 1.82) is 0 Å². The van der Waals surface area contributed by atoms with Crippen molar-refractivity contribution in [3.8, 4) is 0 Å². The van der Waals surface area contributed by atoms with Crippen LogP contribution in [0.3, 0.4) is 0 Å². The van der Waals surface area contributed by atoms with Crippen LogP contribution in [0.25, 0.3) is 0 Å². The summed E-state index contributed by atoms with van der Waals surface area (Å²) in [5.74, 6) is 1.21. The molecule has 1 aromatic carbocycles. The number of benzene rings is 1. The van der Waals surface area contributed by atoms with Gasteiger partial charge in [-0.15, -0.1) is 24.0 Å². The molecule has 0 fully saturated rings. The Morgan fingerprint density at radius 3 is 2.55 bits per heavy atom. The average molecular weight is 419 g/mol. The quantitative estimate of drug-likeness (QED) is 0.278. The Balaban J connectivity index is 0.00000441. The molecule has 22 heavy (non-hydrogen) atoms. The van der Waals surface area contributed by atoms with E-state index in [4.69, 9.17) is 10.5 Å². The summed E-state index contributed by atoms with van der Waals surface area (Å²) in [5, 5.41) is 3.13. The van der Waals surface area contributed by atoms with Crippen molar-refractivity contribution in [2.75, 3.05) is 19.7 Å². The van der Waals surface area contributed by atoms with Crippen molar-refractivity contribution >= 4 is 29.9 Å². The van der Waals surface area contributed by atoms with Crippen LogP contribution in [0.5, 0.6) is 0 Å². The second kappa shape index (κ2) is 12.7. The van der Waals surface area contributed by atoms with Crippen molar-refractivity contribution in [2.24, 2.45) is 16.6 Å². The number of nitrogens with two attached hydrogens (primary N) is 1. The van der Waals surface area contributed by atoms with Crippen LogP contribution in [-0.2, 0) is 4.74 Å². The molecule has 4 nitrogen and oxygen atoms in total. The van der Waals surface area contributed by atoms with E-state index in [0.717, 1.165) is 19.4 Å². The Labute approximate surface area is 151 Å². The predicted molar refractivity (Wildman–Crippen MR) is 105 cm³/mol. The highest BCUT2D eigenvalue weighted by atomic mass is 127. The first kappa shape index (κ1) is 21.2. The van der Waals surface area contributed by atoms with Crippen LogP contribution in [0.4, 0.5) is 0 Å². The highest BCUT2D eigenvalue weighted by Crippen LogP contribution is 2.15. The summed E-state index contributed by atoms with van der Waals surface area (Å²) in [5.41, 5.74) is 7.00. The van der Waals surface area contributed by atoms with Crippen LogP contribution in [-0.4, -0.2) is 25.7 Å². The van der Waals surface area contributed by atoms with Gasteiger partial charge >= 0.3 is 0 Å². The summed E-state index contributed by atoms with van der Waals surface area (Å²) in [6, 6.07) is 10.2. The zero-order valence-electron chi connectivity index (χ0n) is 13.9. The van der Waals surface area contributed by atoms with E-state index in [1.165, 1.54) is 5.56 Å². The van der Waals surface area contributed by atoms with Crippen LogP contribution in [0.1, 0.15) is 45.3 Å². The summed E-state index contributed by atoms with van der Waals surface area (Å²) >= 11 is 0. The minimum absolute atomic E-state index is 0. The van der Waals surface area contributed by atoms with Gasteiger partial charge in [0.25, 0.3) is 0 Å². The van der Waals surface area contributed by atoms with Gasteiger partial charge in [-0.1, -0.05) is 44.2 Å². The molecule has 0 saturated heterocycles. The third kappa shape index (κ3) is 10.00. The largest absolute Gasteiger partial charge is 0.374 e. The van der Waals surface area contributed by atoms with Gasteiger partial charge in [-0.05, 0) is 31.2 Å². The number of rotatable bonds is 9. The lowest BCUT2D eigenvalue weighted by atomic mass is 10.1. The molecule has 0 aliphatic rings. The number of nitrogens with one attached hydrogen (secondary N) is 1. The summed E-state index contributed by atoms with van der Waals surface area (Å²) in [6.45, 7) is 8.73. The lowest BCUT2D eigenvalue weighted by Gasteiger charge is -2.13. The molecule has 0 saturated carbocycles. The van der Waals surface area contributed by atoms with Crippen molar-refractivity contribution in [2.45, 2.75) is 39.7 Å². The Kier molecular flexibility index (Phi) is 12.2. The maximum atomic E-state index is 5.79. The molecule has 1 rings (SSSR count). The molecule has 1 unspecified atom stereocenters. The Morgan fingerprint density at radius 2 is 1.91 bits per heavy atom. The van der Waals surface area contributed by atoms with E-state index >= 15 is 0 Å². The molecule has 0 aliphatic carbocycles. The summed E-state index contributed by atoms with van der Waals surface area (Å²) in [6.07, 6.45) is 2.11. The lowest BCUT2D eigenvalue weighted by molar-refractivity contribution is 0.0652. The highest BCUT2D eigenvalue weighted by Gasteiger charge is 2.03. The monoisotopic (exact) mass is 419 g/mol. The minimum Gasteiger partial charge on any atom is -0.374 e. The smallest absolute Gasteiger partial charge is 0.188 e. The topological polar surface area (TPSA) is 59.6 Å². The molecule has 0 spiro atoms. The number of guanidine groups is 1. The molecule has 3 N–H and O–H groups in total. The SMILES string of the molecule is CC(C)CCNC(N)=NCCCOC(C)c1ccccc1.I. The van der Waals surface area contributed by atoms with E-state index in [1.54, 1.807) is 0 Å². The van der Waals surface area contributed by atoms with Crippen LogP contribution in [0, 0.1) is 5.92 Å². The number of nitrogens with zero attached hydrogens (tertiary/aromatic N) is 1. The van der Waals surface area contributed by atoms with Gasteiger partial charge in [-0.2, -0.15) is 0 Å². The molecule has 0 aromatic heterocycles. The van der Waals surface area contributed by atoms with Crippen LogP contribution in [0.2, 0.25) is 0 Å².